The van der Waals surface area contributed by atoms with Crippen molar-refractivity contribution in [3.05, 3.63) is 39.9 Å². The number of carbonyl (C=O) groups excluding carboxylic acids is 1. The Morgan fingerprint density at radius 2 is 2.07 bits per heavy atom. The Morgan fingerprint density at radius 3 is 2.85 bits per heavy atom. The van der Waals surface area contributed by atoms with Crippen molar-refractivity contribution in [1.82, 2.24) is 14.5 Å². The van der Waals surface area contributed by atoms with Gasteiger partial charge in [0.25, 0.3) is 12.0 Å². The lowest BCUT2D eigenvalue weighted by Crippen LogP contribution is -2.32. The standard InChI is InChI=1S/C19H17F2N3O3/c1-23-8-14-22-15-11-6-5-9(17(20)21)7-13(11)27-16(15)19(26)24(14)12-4-2-3-10(12)18(23)25/h5-7,10,12,17H,2-4,8H2,1H3/t10-,12+/m0/s1. The maximum absolute atomic E-state index is 13.2. The number of amides is 1. The van der Waals surface area contributed by atoms with E-state index in [2.05, 4.69) is 4.98 Å². The smallest absolute Gasteiger partial charge is 0.297 e. The van der Waals surface area contributed by atoms with E-state index in [1.165, 1.54) is 18.2 Å². The Bertz CT molecular complexity index is 1150. The molecule has 3 heterocycles. The first kappa shape index (κ1) is 16.4. The summed E-state index contributed by atoms with van der Waals surface area (Å²) in [5.41, 5.74) is 0.136. The number of furan rings is 1. The summed E-state index contributed by atoms with van der Waals surface area (Å²) in [5, 5.41) is 0.524. The average Bonchev–Trinajstić information content (AvgIpc) is 3.23. The fourth-order valence-corrected chi connectivity index (χ4v) is 4.47. The van der Waals surface area contributed by atoms with Gasteiger partial charge in [-0.3, -0.25) is 14.2 Å². The number of nitrogens with zero attached hydrogens (tertiary/aromatic N) is 3. The van der Waals surface area contributed by atoms with Crippen LogP contribution in [0, 0.1) is 5.92 Å². The monoisotopic (exact) mass is 373 g/mol. The van der Waals surface area contributed by atoms with Crippen LogP contribution in [-0.4, -0.2) is 27.4 Å². The number of hydrogen-bond donors (Lipinski definition) is 0. The molecule has 0 spiro atoms. The highest BCUT2D eigenvalue weighted by molar-refractivity contribution is 6.02. The number of rotatable bonds is 1. The van der Waals surface area contributed by atoms with Crippen molar-refractivity contribution in [1.29, 1.82) is 0 Å². The maximum Gasteiger partial charge on any atom is 0.297 e. The predicted molar refractivity (Wildman–Crippen MR) is 93.6 cm³/mol. The van der Waals surface area contributed by atoms with Crippen molar-refractivity contribution < 1.29 is 18.0 Å². The third-order valence-electron chi connectivity index (χ3n) is 5.75. The lowest BCUT2D eigenvalue weighted by Gasteiger charge is -2.19. The minimum absolute atomic E-state index is 0.0328. The largest absolute Gasteiger partial charge is 0.448 e. The van der Waals surface area contributed by atoms with E-state index in [0.717, 1.165) is 19.3 Å². The first-order valence-electron chi connectivity index (χ1n) is 8.96. The highest BCUT2D eigenvalue weighted by Gasteiger charge is 2.40. The van der Waals surface area contributed by atoms with Gasteiger partial charge >= 0.3 is 0 Å². The number of fused-ring (bicyclic) bond motifs is 6. The molecule has 6 nitrogen and oxygen atoms in total. The van der Waals surface area contributed by atoms with E-state index in [0.29, 0.717) is 16.7 Å². The molecule has 1 aliphatic carbocycles. The summed E-state index contributed by atoms with van der Waals surface area (Å²) in [7, 11) is 1.71. The molecule has 1 aliphatic heterocycles. The lowest BCUT2D eigenvalue weighted by molar-refractivity contribution is -0.134. The van der Waals surface area contributed by atoms with Crippen LogP contribution in [0.3, 0.4) is 0 Å². The van der Waals surface area contributed by atoms with Crippen LogP contribution in [0.15, 0.2) is 27.4 Å². The first-order chi connectivity index (χ1) is 13.0. The molecule has 0 unspecified atom stereocenters. The maximum atomic E-state index is 13.2. The van der Waals surface area contributed by atoms with Crippen LogP contribution in [0.5, 0.6) is 0 Å². The summed E-state index contributed by atoms with van der Waals surface area (Å²) >= 11 is 0. The van der Waals surface area contributed by atoms with E-state index in [1.54, 1.807) is 16.5 Å². The van der Waals surface area contributed by atoms with Crippen molar-refractivity contribution in [3.63, 3.8) is 0 Å². The van der Waals surface area contributed by atoms with Gasteiger partial charge in [-0.05, 0) is 25.0 Å². The van der Waals surface area contributed by atoms with E-state index in [-0.39, 0.29) is 46.7 Å². The van der Waals surface area contributed by atoms with Crippen molar-refractivity contribution >= 4 is 28.0 Å². The van der Waals surface area contributed by atoms with Crippen LogP contribution in [0.1, 0.15) is 43.1 Å². The van der Waals surface area contributed by atoms with Gasteiger partial charge in [-0.25, -0.2) is 13.8 Å². The lowest BCUT2D eigenvalue weighted by atomic mass is 10.0. The minimum Gasteiger partial charge on any atom is -0.448 e. The van der Waals surface area contributed by atoms with Crippen molar-refractivity contribution in [3.8, 4) is 0 Å². The van der Waals surface area contributed by atoms with Crippen LogP contribution >= 0.6 is 0 Å². The molecule has 0 radical (unpaired) electrons. The summed E-state index contributed by atoms with van der Waals surface area (Å²) in [6.45, 7) is 0.235. The zero-order chi connectivity index (χ0) is 18.9. The number of carbonyl (C=O) groups is 1. The molecule has 1 aromatic carbocycles. The topological polar surface area (TPSA) is 68.3 Å². The number of alkyl halides is 2. The average molecular weight is 373 g/mol. The van der Waals surface area contributed by atoms with E-state index in [9.17, 15) is 18.4 Å². The molecule has 2 aliphatic rings. The van der Waals surface area contributed by atoms with Crippen molar-refractivity contribution in [2.45, 2.75) is 38.3 Å². The van der Waals surface area contributed by atoms with Gasteiger partial charge in [0, 0.05) is 18.0 Å². The molecule has 140 valence electrons. The zero-order valence-corrected chi connectivity index (χ0v) is 14.6. The van der Waals surface area contributed by atoms with Crippen molar-refractivity contribution in [2.75, 3.05) is 7.05 Å². The number of aromatic nitrogens is 2. The van der Waals surface area contributed by atoms with Gasteiger partial charge in [-0.15, -0.1) is 0 Å². The Labute approximate surface area is 152 Å². The highest BCUT2D eigenvalue weighted by atomic mass is 19.3. The van der Waals surface area contributed by atoms with Crippen LogP contribution in [0.2, 0.25) is 0 Å². The van der Waals surface area contributed by atoms with Crippen LogP contribution in [0.25, 0.3) is 22.1 Å². The second kappa shape index (κ2) is 5.61. The van der Waals surface area contributed by atoms with E-state index in [4.69, 9.17) is 4.42 Å². The molecular formula is C19H17F2N3O3. The normalized spacial score (nSPS) is 22.5. The molecule has 0 saturated heterocycles. The fraction of sp³-hybridized carbons (Fsp3) is 0.421. The van der Waals surface area contributed by atoms with E-state index >= 15 is 0 Å². The van der Waals surface area contributed by atoms with Gasteiger partial charge in [0.1, 0.15) is 16.9 Å². The molecule has 8 heteroatoms. The fourth-order valence-electron chi connectivity index (χ4n) is 4.47. The predicted octanol–water partition coefficient (Wildman–Crippen LogP) is 3.39. The van der Waals surface area contributed by atoms with Crippen LogP contribution in [-0.2, 0) is 11.3 Å². The quantitative estimate of drug-likeness (QED) is 0.656. The molecule has 27 heavy (non-hydrogen) atoms. The Balaban J connectivity index is 1.80. The van der Waals surface area contributed by atoms with E-state index < -0.39 is 6.43 Å². The molecule has 0 N–H and O–H groups in total. The highest BCUT2D eigenvalue weighted by Crippen LogP contribution is 2.39. The number of halogens is 2. The first-order valence-corrected chi connectivity index (χ1v) is 8.96. The third kappa shape index (κ3) is 2.25. The van der Waals surface area contributed by atoms with E-state index in [1.807, 2.05) is 0 Å². The molecule has 1 amide bonds. The molecule has 3 aromatic rings. The summed E-state index contributed by atoms with van der Waals surface area (Å²) in [6.07, 6.45) is -0.265. The summed E-state index contributed by atoms with van der Waals surface area (Å²) in [6, 6.07) is 3.85. The van der Waals surface area contributed by atoms with Gasteiger partial charge in [0.05, 0.1) is 18.5 Å². The van der Waals surface area contributed by atoms with Gasteiger partial charge in [-0.2, -0.15) is 0 Å². The summed E-state index contributed by atoms with van der Waals surface area (Å²) in [4.78, 5) is 32.1. The third-order valence-corrected chi connectivity index (χ3v) is 5.75. The number of benzene rings is 1. The summed E-state index contributed by atoms with van der Waals surface area (Å²) < 4.78 is 33.2. The summed E-state index contributed by atoms with van der Waals surface area (Å²) in [5.74, 6) is 0.312. The Hall–Kier alpha value is -2.77. The van der Waals surface area contributed by atoms with Gasteiger partial charge in [0.15, 0.2) is 0 Å². The Kier molecular flexibility index (Phi) is 3.41. The molecule has 0 bridgehead atoms. The zero-order valence-electron chi connectivity index (χ0n) is 14.6. The molecule has 2 atom stereocenters. The number of hydrogen-bond acceptors (Lipinski definition) is 4. The molecule has 2 aromatic heterocycles. The second-order valence-corrected chi connectivity index (χ2v) is 7.34. The van der Waals surface area contributed by atoms with Gasteiger partial charge in [0.2, 0.25) is 11.5 Å². The van der Waals surface area contributed by atoms with Crippen LogP contribution in [0.4, 0.5) is 8.78 Å². The second-order valence-electron chi connectivity index (χ2n) is 7.34. The molecule has 1 fully saturated rings. The Morgan fingerprint density at radius 1 is 1.26 bits per heavy atom. The molecule has 5 rings (SSSR count). The SMILES string of the molecule is CN1Cc2nc3c(oc4cc(C(F)F)ccc43)c(=O)n2[C@@H]2CCC[C@@H]2C1=O. The molecular weight excluding hydrogens is 356 g/mol. The van der Waals surface area contributed by atoms with Crippen LogP contribution < -0.4 is 5.56 Å². The van der Waals surface area contributed by atoms with Gasteiger partial charge < -0.3 is 9.32 Å². The van der Waals surface area contributed by atoms with Crippen molar-refractivity contribution in [2.24, 2.45) is 5.92 Å². The minimum atomic E-state index is -2.62. The van der Waals surface area contributed by atoms with Gasteiger partial charge in [-0.1, -0.05) is 12.5 Å². The molecule has 1 saturated carbocycles.